The number of rotatable bonds is 7. The van der Waals surface area contributed by atoms with E-state index >= 15 is 0 Å². The number of carbonyl (C=O) groups is 4. The van der Waals surface area contributed by atoms with E-state index < -0.39 is 58.9 Å². The summed E-state index contributed by atoms with van der Waals surface area (Å²) in [5.74, 6) is -2.70. The second-order valence-corrected chi connectivity index (χ2v) is 12.8. The van der Waals surface area contributed by atoms with Crippen LogP contribution in [0.5, 0.6) is 0 Å². The van der Waals surface area contributed by atoms with Crippen molar-refractivity contribution in [2.75, 3.05) is 6.61 Å². The van der Waals surface area contributed by atoms with E-state index in [1.54, 1.807) is 6.08 Å². The molecule has 2 heterocycles. The summed E-state index contributed by atoms with van der Waals surface area (Å²) in [4.78, 5) is 51.1. The van der Waals surface area contributed by atoms with Gasteiger partial charge in [-0.05, 0) is 37.3 Å². The van der Waals surface area contributed by atoms with Gasteiger partial charge in [0.05, 0.1) is 12.7 Å². The van der Waals surface area contributed by atoms with Crippen molar-refractivity contribution in [2.24, 2.45) is 34.5 Å². The molecule has 2 aliphatic heterocycles. The molecule has 9 nitrogen and oxygen atoms in total. The molecule has 5 rings (SSSR count). The van der Waals surface area contributed by atoms with Crippen LogP contribution in [0.2, 0.25) is 0 Å². The number of aldehydes is 1. The number of benzene rings is 1. The smallest absolute Gasteiger partial charge is 0.331 e. The summed E-state index contributed by atoms with van der Waals surface area (Å²) in [6.45, 7) is 9.32. The topological polar surface area (TPSA) is 114 Å². The molecule has 9 heteroatoms. The van der Waals surface area contributed by atoms with Gasteiger partial charge >= 0.3 is 17.9 Å². The summed E-state index contributed by atoms with van der Waals surface area (Å²) in [5.41, 5.74) is -0.948. The van der Waals surface area contributed by atoms with Gasteiger partial charge in [-0.15, -0.1) is 0 Å². The van der Waals surface area contributed by atoms with Crippen LogP contribution >= 0.6 is 0 Å². The molecule has 228 valence electrons. The van der Waals surface area contributed by atoms with Crippen molar-refractivity contribution < 1.29 is 42.9 Å². The van der Waals surface area contributed by atoms with Gasteiger partial charge in [0, 0.05) is 54.4 Å². The highest BCUT2D eigenvalue weighted by atomic mass is 16.7. The second-order valence-electron chi connectivity index (χ2n) is 12.8. The molecule has 0 amide bonds. The Hall–Kier alpha value is -3.04. The maximum atomic E-state index is 13.4. The maximum absolute atomic E-state index is 13.4. The number of esters is 3. The number of hydrogen-bond acceptors (Lipinski definition) is 9. The summed E-state index contributed by atoms with van der Waals surface area (Å²) in [7, 11) is 0. The van der Waals surface area contributed by atoms with Crippen LogP contribution < -0.4 is 0 Å². The van der Waals surface area contributed by atoms with E-state index in [1.807, 2.05) is 44.2 Å². The Bertz CT molecular complexity index is 1200. The van der Waals surface area contributed by atoms with Crippen LogP contribution in [0.25, 0.3) is 6.08 Å². The van der Waals surface area contributed by atoms with Crippen LogP contribution in [-0.2, 0) is 42.9 Å². The molecule has 0 aromatic heterocycles. The Morgan fingerprint density at radius 2 is 1.67 bits per heavy atom. The zero-order valence-corrected chi connectivity index (χ0v) is 25.0. The van der Waals surface area contributed by atoms with Gasteiger partial charge in [0.25, 0.3) is 0 Å². The van der Waals surface area contributed by atoms with Gasteiger partial charge in [-0.1, -0.05) is 51.1 Å². The number of ether oxygens (including phenoxy) is 5. The van der Waals surface area contributed by atoms with Gasteiger partial charge in [-0.2, -0.15) is 0 Å². The van der Waals surface area contributed by atoms with Crippen LogP contribution in [0.3, 0.4) is 0 Å². The summed E-state index contributed by atoms with van der Waals surface area (Å²) in [6.07, 6.45) is 3.40. The van der Waals surface area contributed by atoms with Crippen molar-refractivity contribution in [3.8, 4) is 0 Å². The second kappa shape index (κ2) is 11.9. The van der Waals surface area contributed by atoms with Crippen molar-refractivity contribution in [2.45, 2.75) is 91.0 Å². The largest absolute Gasteiger partial charge is 0.462 e. The third kappa shape index (κ3) is 5.30. The van der Waals surface area contributed by atoms with Gasteiger partial charge < -0.3 is 28.5 Å². The summed E-state index contributed by atoms with van der Waals surface area (Å²) in [5, 5.41) is 0. The molecular formula is C33H42O9. The predicted molar refractivity (Wildman–Crippen MR) is 151 cm³/mol. The summed E-state index contributed by atoms with van der Waals surface area (Å²) >= 11 is 0. The molecule has 1 aromatic rings. The van der Waals surface area contributed by atoms with E-state index in [-0.39, 0.29) is 24.2 Å². The Morgan fingerprint density at radius 3 is 2.31 bits per heavy atom. The van der Waals surface area contributed by atoms with E-state index in [1.165, 1.54) is 19.9 Å². The fourth-order valence-corrected chi connectivity index (χ4v) is 8.54. The molecule has 0 N–H and O–H groups in total. The first-order valence-corrected chi connectivity index (χ1v) is 15.0. The lowest BCUT2D eigenvalue weighted by atomic mass is 9.41. The molecule has 0 bridgehead atoms. The first kappa shape index (κ1) is 30.4. The summed E-state index contributed by atoms with van der Waals surface area (Å²) in [6, 6.07) is 9.35. The van der Waals surface area contributed by atoms with Gasteiger partial charge in [-0.25, -0.2) is 4.79 Å². The molecule has 2 saturated carbocycles. The van der Waals surface area contributed by atoms with Crippen molar-refractivity contribution in [1.82, 2.24) is 0 Å². The van der Waals surface area contributed by atoms with Crippen LogP contribution in [0.1, 0.15) is 65.9 Å². The van der Waals surface area contributed by atoms with E-state index in [0.29, 0.717) is 19.4 Å². The van der Waals surface area contributed by atoms with Crippen LogP contribution in [0.4, 0.5) is 0 Å². The molecule has 0 spiro atoms. The van der Waals surface area contributed by atoms with Crippen molar-refractivity contribution in [1.29, 1.82) is 0 Å². The molecular weight excluding hydrogens is 540 g/mol. The zero-order chi connectivity index (χ0) is 30.2. The average molecular weight is 583 g/mol. The zero-order valence-electron chi connectivity index (χ0n) is 25.0. The summed E-state index contributed by atoms with van der Waals surface area (Å²) < 4.78 is 30.6. The lowest BCUT2D eigenvalue weighted by Gasteiger charge is -2.66. The minimum atomic E-state index is -1.04. The van der Waals surface area contributed by atoms with Crippen LogP contribution in [0, 0.1) is 34.5 Å². The Labute approximate surface area is 247 Å². The van der Waals surface area contributed by atoms with E-state index in [0.717, 1.165) is 24.7 Å². The first-order valence-electron chi connectivity index (χ1n) is 15.0. The number of hydrogen-bond donors (Lipinski definition) is 0. The molecule has 1 aromatic carbocycles. The van der Waals surface area contributed by atoms with E-state index in [2.05, 4.69) is 6.92 Å². The Kier molecular flexibility index (Phi) is 8.63. The molecule has 4 fully saturated rings. The third-order valence-electron chi connectivity index (χ3n) is 10.6. The highest BCUT2D eigenvalue weighted by molar-refractivity contribution is 5.87. The fourth-order valence-electron chi connectivity index (χ4n) is 8.54. The van der Waals surface area contributed by atoms with Crippen LogP contribution in [-0.4, -0.2) is 61.5 Å². The molecule has 2 saturated heterocycles. The monoisotopic (exact) mass is 582 g/mol. The molecule has 11 atom stereocenters. The van der Waals surface area contributed by atoms with Gasteiger partial charge in [0.1, 0.15) is 24.6 Å². The molecule has 11 unspecified atom stereocenters. The third-order valence-corrected chi connectivity index (χ3v) is 10.6. The Balaban J connectivity index is 1.60. The highest BCUT2D eigenvalue weighted by Crippen LogP contribution is 2.66. The van der Waals surface area contributed by atoms with Crippen molar-refractivity contribution in [3.05, 3.63) is 42.0 Å². The lowest BCUT2D eigenvalue weighted by Crippen LogP contribution is -2.72. The standard InChI is InChI=1S/C33H42O9/c1-19-28(40-21(3)36)30(42-27(37)14-11-22-9-7-6-8-10-22)33(5)24(18-34)12-13-25(39-20(2)35)29(33)32(19,4)26-17-23-15-16-38-31(23)41-26/h6-11,14,18-19,23-26,28-31H,12-13,15-17H2,1-5H3. The van der Waals surface area contributed by atoms with E-state index in [4.69, 9.17) is 23.7 Å². The van der Waals surface area contributed by atoms with Crippen LogP contribution in [0.15, 0.2) is 36.4 Å². The quantitative estimate of drug-likeness (QED) is 0.198. The minimum absolute atomic E-state index is 0.230. The minimum Gasteiger partial charge on any atom is -0.462 e. The Morgan fingerprint density at radius 1 is 0.952 bits per heavy atom. The van der Waals surface area contributed by atoms with Crippen molar-refractivity contribution >= 4 is 30.3 Å². The highest BCUT2D eigenvalue weighted by Gasteiger charge is 2.72. The number of fused-ring (bicyclic) bond motifs is 2. The molecule has 4 aliphatic rings. The molecule has 0 radical (unpaired) electrons. The fraction of sp³-hybridized carbons (Fsp3) is 0.636. The average Bonchev–Trinajstić information content (AvgIpc) is 3.56. The SMILES string of the molecule is CC(=O)OC1CCC(C=O)C2(C)C(OC(=O)C=Cc3ccccc3)C(OC(C)=O)C(C)C(C)(C3CC4CCOC4O3)C12. The first-order chi connectivity index (χ1) is 20.0. The molecule has 2 aliphatic carbocycles. The van der Waals surface area contributed by atoms with Gasteiger partial charge in [0.15, 0.2) is 6.29 Å². The van der Waals surface area contributed by atoms with E-state index in [9.17, 15) is 19.2 Å². The van der Waals surface area contributed by atoms with Gasteiger partial charge in [0.2, 0.25) is 0 Å². The molecule has 42 heavy (non-hydrogen) atoms. The normalized spacial score (nSPS) is 41.0. The van der Waals surface area contributed by atoms with Gasteiger partial charge in [-0.3, -0.25) is 9.59 Å². The lowest BCUT2D eigenvalue weighted by molar-refractivity contribution is -0.287. The number of carbonyl (C=O) groups excluding carboxylic acids is 4. The van der Waals surface area contributed by atoms with Crippen molar-refractivity contribution in [3.63, 3.8) is 0 Å². The maximum Gasteiger partial charge on any atom is 0.331 e. The predicted octanol–water partition coefficient (Wildman–Crippen LogP) is 4.51.